The topological polar surface area (TPSA) is 65.6 Å². The zero-order valence-corrected chi connectivity index (χ0v) is 19.0. The molecule has 7 heteroatoms. The zero-order valence-electron chi connectivity index (χ0n) is 19.0. The molecular weight excluding hydrogens is 378 g/mol. The monoisotopic (exact) mass is 412 g/mol. The predicted octanol–water partition coefficient (Wildman–Crippen LogP) is 2.25. The zero-order chi connectivity index (χ0) is 21.7. The largest absolute Gasteiger partial charge is 0.493 e. The first-order valence-electron chi connectivity index (χ1n) is 10.5. The minimum atomic E-state index is 0.745. The van der Waals surface area contributed by atoms with Crippen LogP contribution in [0.25, 0.3) is 11.0 Å². The number of methoxy groups -OCH3 is 2. The molecule has 2 heterocycles. The summed E-state index contributed by atoms with van der Waals surface area (Å²) in [5.41, 5.74) is 4.71. The van der Waals surface area contributed by atoms with E-state index in [1.807, 2.05) is 12.1 Å². The average Bonchev–Trinajstić information content (AvgIpc) is 2.99. The van der Waals surface area contributed by atoms with E-state index in [0.717, 1.165) is 60.8 Å². The highest BCUT2D eigenvalue weighted by Gasteiger charge is 2.16. The Labute approximate surface area is 179 Å². The maximum absolute atomic E-state index is 5.41. The van der Waals surface area contributed by atoms with Crippen molar-refractivity contribution in [1.82, 2.24) is 14.5 Å². The van der Waals surface area contributed by atoms with Gasteiger partial charge < -0.3 is 24.3 Å². The van der Waals surface area contributed by atoms with Crippen LogP contribution in [-0.2, 0) is 13.0 Å². The molecule has 0 fully saturated rings. The summed E-state index contributed by atoms with van der Waals surface area (Å²) in [5, 5.41) is 4.64. The third kappa shape index (κ3) is 4.67. The van der Waals surface area contributed by atoms with Crippen LogP contribution < -0.4 is 19.7 Å². The molecule has 162 valence electrons. The van der Waals surface area contributed by atoms with Crippen LogP contribution >= 0.6 is 0 Å². The normalized spacial score (nSPS) is 11.3. The number of hydrogen-bond acceptors (Lipinski definition) is 5. The van der Waals surface area contributed by atoms with Gasteiger partial charge in [-0.2, -0.15) is 0 Å². The summed E-state index contributed by atoms with van der Waals surface area (Å²) in [7, 11) is 7.69. The molecule has 0 bridgehead atoms. The third-order valence-corrected chi connectivity index (χ3v) is 5.62. The maximum atomic E-state index is 5.41. The molecule has 1 aromatic carbocycles. The van der Waals surface area contributed by atoms with Gasteiger partial charge in [-0.15, -0.1) is 0 Å². The molecule has 0 atom stereocenters. The maximum Gasteiger partial charge on any atom is 0.160 e. The van der Waals surface area contributed by atoms with Crippen molar-refractivity contribution in [3.63, 3.8) is 0 Å². The number of ether oxygens (including phenoxy) is 2. The number of anilines is 1. The van der Waals surface area contributed by atoms with E-state index in [-0.39, 0.29) is 0 Å². The van der Waals surface area contributed by atoms with Gasteiger partial charge in [-0.05, 0) is 43.5 Å². The molecule has 0 unspecified atom stereocenters. The summed E-state index contributed by atoms with van der Waals surface area (Å²) in [5.74, 6) is 2.40. The van der Waals surface area contributed by atoms with Crippen molar-refractivity contribution in [2.75, 3.05) is 46.7 Å². The first-order valence-corrected chi connectivity index (χ1v) is 10.5. The summed E-state index contributed by atoms with van der Waals surface area (Å²) < 4.78 is 13.1. The first-order chi connectivity index (χ1) is 14.5. The Morgan fingerprint density at radius 1 is 1.07 bits per heavy atom. The standard InChI is InChI=1S/C23H33N5O2/c1-16-17(2)28(13-7-12-27(3)4)23-21(16)22(25-15-26-23)24-11-10-18-8-9-19(29-5)20(14-18)30-6/h8-9,14-15H,7,10-13H2,1-6H3,(H,24,25,26)/p+1. The summed E-state index contributed by atoms with van der Waals surface area (Å²) in [4.78, 5) is 10.6. The SMILES string of the molecule is COc1ccc(CCNc2ncnc3c2c(C)c(C)n3CCC[NH+](C)C)cc1OC. The lowest BCUT2D eigenvalue weighted by Crippen LogP contribution is -3.05. The van der Waals surface area contributed by atoms with Crippen LogP contribution in [0.1, 0.15) is 23.2 Å². The average molecular weight is 413 g/mol. The van der Waals surface area contributed by atoms with Crippen LogP contribution in [-0.4, -0.2) is 55.9 Å². The van der Waals surface area contributed by atoms with Gasteiger partial charge in [-0.1, -0.05) is 6.07 Å². The van der Waals surface area contributed by atoms with Gasteiger partial charge in [0.2, 0.25) is 0 Å². The fourth-order valence-corrected chi connectivity index (χ4v) is 3.83. The molecule has 0 spiro atoms. The molecule has 0 saturated heterocycles. The summed E-state index contributed by atoms with van der Waals surface area (Å²) in [6.07, 6.45) is 3.64. The number of quaternary nitrogens is 1. The van der Waals surface area contributed by atoms with Crippen LogP contribution in [0.15, 0.2) is 24.5 Å². The lowest BCUT2D eigenvalue weighted by molar-refractivity contribution is -0.858. The smallest absolute Gasteiger partial charge is 0.160 e. The van der Waals surface area contributed by atoms with Crippen molar-refractivity contribution in [1.29, 1.82) is 0 Å². The van der Waals surface area contributed by atoms with E-state index in [2.05, 4.69) is 53.9 Å². The van der Waals surface area contributed by atoms with Gasteiger partial charge in [-0.25, -0.2) is 9.97 Å². The van der Waals surface area contributed by atoms with Gasteiger partial charge in [0.15, 0.2) is 11.5 Å². The van der Waals surface area contributed by atoms with Gasteiger partial charge in [0, 0.05) is 25.2 Å². The van der Waals surface area contributed by atoms with E-state index in [9.17, 15) is 0 Å². The second-order valence-corrected chi connectivity index (χ2v) is 7.96. The van der Waals surface area contributed by atoms with Crippen molar-refractivity contribution >= 4 is 16.9 Å². The quantitative estimate of drug-likeness (QED) is 0.535. The first kappa shape index (κ1) is 21.9. The second kappa shape index (κ2) is 9.80. The Morgan fingerprint density at radius 2 is 1.83 bits per heavy atom. The van der Waals surface area contributed by atoms with Gasteiger partial charge in [0.05, 0.1) is 40.2 Å². The third-order valence-electron chi connectivity index (χ3n) is 5.62. The number of hydrogen-bond donors (Lipinski definition) is 2. The summed E-state index contributed by atoms with van der Waals surface area (Å²) >= 11 is 0. The molecule has 0 radical (unpaired) electrons. The molecule has 0 saturated carbocycles. The highest BCUT2D eigenvalue weighted by Crippen LogP contribution is 2.30. The van der Waals surface area contributed by atoms with E-state index in [1.165, 1.54) is 21.7 Å². The van der Waals surface area contributed by atoms with Crippen molar-refractivity contribution in [3.8, 4) is 11.5 Å². The van der Waals surface area contributed by atoms with Crippen molar-refractivity contribution < 1.29 is 14.4 Å². The molecule has 3 rings (SSSR count). The second-order valence-electron chi connectivity index (χ2n) is 7.96. The Bertz CT molecular complexity index is 997. The van der Waals surface area contributed by atoms with Crippen molar-refractivity contribution in [2.45, 2.75) is 33.2 Å². The van der Waals surface area contributed by atoms with Gasteiger partial charge >= 0.3 is 0 Å². The number of nitrogens with zero attached hydrogens (tertiary/aromatic N) is 3. The lowest BCUT2D eigenvalue weighted by Gasteiger charge is -2.11. The Hall–Kier alpha value is -2.80. The number of benzene rings is 1. The predicted molar refractivity (Wildman–Crippen MR) is 121 cm³/mol. The molecular formula is C23H34N5O2+. The Kier molecular flexibility index (Phi) is 7.15. The molecule has 0 aliphatic carbocycles. The number of nitrogens with one attached hydrogen (secondary N) is 2. The van der Waals surface area contributed by atoms with Crippen LogP contribution in [0.5, 0.6) is 11.5 Å². The minimum absolute atomic E-state index is 0.745. The van der Waals surface area contributed by atoms with E-state index in [1.54, 1.807) is 20.5 Å². The van der Waals surface area contributed by atoms with E-state index in [4.69, 9.17) is 9.47 Å². The van der Waals surface area contributed by atoms with Crippen LogP contribution in [0, 0.1) is 13.8 Å². The molecule has 30 heavy (non-hydrogen) atoms. The Morgan fingerprint density at radius 3 is 2.53 bits per heavy atom. The molecule has 0 aliphatic heterocycles. The van der Waals surface area contributed by atoms with Crippen LogP contribution in [0.2, 0.25) is 0 Å². The van der Waals surface area contributed by atoms with E-state index >= 15 is 0 Å². The van der Waals surface area contributed by atoms with Gasteiger partial charge in [0.25, 0.3) is 0 Å². The molecule has 2 N–H and O–H groups in total. The van der Waals surface area contributed by atoms with Gasteiger partial charge in [0.1, 0.15) is 17.8 Å². The molecule has 7 nitrogen and oxygen atoms in total. The van der Waals surface area contributed by atoms with E-state index < -0.39 is 0 Å². The van der Waals surface area contributed by atoms with Crippen LogP contribution in [0.4, 0.5) is 5.82 Å². The number of aromatic nitrogens is 3. The highest BCUT2D eigenvalue weighted by molar-refractivity contribution is 5.91. The molecule has 0 aliphatic rings. The van der Waals surface area contributed by atoms with Gasteiger partial charge in [-0.3, -0.25) is 0 Å². The summed E-state index contributed by atoms with van der Waals surface area (Å²) in [6.45, 7) is 7.22. The molecule has 0 amide bonds. The number of fused-ring (bicyclic) bond motifs is 1. The fraction of sp³-hybridized carbons (Fsp3) is 0.478. The number of aryl methyl sites for hydroxylation is 2. The van der Waals surface area contributed by atoms with Crippen LogP contribution in [0.3, 0.4) is 0 Å². The van der Waals surface area contributed by atoms with Crippen molar-refractivity contribution in [2.24, 2.45) is 0 Å². The van der Waals surface area contributed by atoms with Crippen molar-refractivity contribution in [3.05, 3.63) is 41.3 Å². The summed E-state index contributed by atoms with van der Waals surface area (Å²) in [6, 6.07) is 6.03. The lowest BCUT2D eigenvalue weighted by atomic mass is 10.1. The Balaban J connectivity index is 1.75. The van der Waals surface area contributed by atoms with E-state index in [0.29, 0.717) is 0 Å². The number of rotatable bonds is 10. The minimum Gasteiger partial charge on any atom is -0.493 e. The fourth-order valence-electron chi connectivity index (χ4n) is 3.83. The molecule has 3 aromatic rings. The molecule has 2 aromatic heterocycles. The highest BCUT2D eigenvalue weighted by atomic mass is 16.5.